The number of rotatable bonds is 13. The van der Waals surface area contributed by atoms with Crippen LogP contribution in [0.2, 0.25) is 0 Å². The average Bonchev–Trinajstić information content (AvgIpc) is 2.53. The highest BCUT2D eigenvalue weighted by Gasteiger charge is 2.07. The van der Waals surface area contributed by atoms with Gasteiger partial charge in [-0.2, -0.15) is 12.6 Å². The van der Waals surface area contributed by atoms with Gasteiger partial charge in [-0.1, -0.05) is 6.07 Å². The number of nitrogens with one attached hydrogen (secondary N) is 1. The molecule has 1 N–H and O–H groups in total. The van der Waals surface area contributed by atoms with Crippen molar-refractivity contribution in [1.29, 1.82) is 0 Å². The van der Waals surface area contributed by atoms with Gasteiger partial charge in [0.1, 0.15) is 19.0 Å². The van der Waals surface area contributed by atoms with Gasteiger partial charge in [0.05, 0.1) is 11.9 Å². The molecule has 6 heteroatoms. The molecule has 0 aliphatic carbocycles. The van der Waals surface area contributed by atoms with Crippen molar-refractivity contribution in [2.45, 2.75) is 25.5 Å². The maximum Gasteiger partial charge on any atom is 0.170 e. The molecule has 1 unspecified atom stereocenters. The van der Waals surface area contributed by atoms with E-state index in [0.29, 0.717) is 26.4 Å². The lowest BCUT2D eigenvalue weighted by atomic mass is 10.3. The molecule has 0 fully saturated rings. The topological polar surface area (TPSA) is 56.8 Å². The summed E-state index contributed by atoms with van der Waals surface area (Å²) >= 11 is 4.05. The van der Waals surface area contributed by atoms with E-state index in [-0.39, 0.29) is 17.6 Å². The first-order valence-electron chi connectivity index (χ1n) is 7.96. The molecular weight excluding hydrogens is 314 g/mol. The third-order valence-corrected chi connectivity index (χ3v) is 3.29. The van der Waals surface area contributed by atoms with Crippen LogP contribution in [0.3, 0.4) is 0 Å². The Labute approximate surface area is 144 Å². The molecule has 0 aromatic heterocycles. The summed E-state index contributed by atoms with van der Waals surface area (Å²) < 4.78 is 16.3. The SMILES string of the molecule is CCNc1cccc(OCCOCCCOCC(=O)C(C)S)c1. The van der Waals surface area contributed by atoms with Gasteiger partial charge >= 0.3 is 0 Å². The van der Waals surface area contributed by atoms with E-state index >= 15 is 0 Å². The van der Waals surface area contributed by atoms with Crippen LogP contribution in [0.5, 0.6) is 5.75 Å². The Bertz CT molecular complexity index is 454. The number of hydrogen-bond donors (Lipinski definition) is 2. The largest absolute Gasteiger partial charge is 0.491 e. The molecule has 1 atom stereocenters. The molecule has 0 heterocycles. The van der Waals surface area contributed by atoms with Gasteiger partial charge in [0, 0.05) is 31.5 Å². The van der Waals surface area contributed by atoms with Crippen molar-refractivity contribution in [3.8, 4) is 5.75 Å². The fourth-order valence-electron chi connectivity index (χ4n) is 1.78. The lowest BCUT2D eigenvalue weighted by molar-refractivity contribution is -0.122. The summed E-state index contributed by atoms with van der Waals surface area (Å²) in [5, 5.41) is 2.97. The van der Waals surface area contributed by atoms with Crippen molar-refractivity contribution in [3.05, 3.63) is 24.3 Å². The highest BCUT2D eigenvalue weighted by atomic mass is 32.1. The predicted octanol–water partition coefficient (Wildman–Crippen LogP) is 2.81. The van der Waals surface area contributed by atoms with Gasteiger partial charge in [0.2, 0.25) is 0 Å². The Morgan fingerprint density at radius 3 is 2.74 bits per heavy atom. The van der Waals surface area contributed by atoms with E-state index in [0.717, 1.165) is 24.4 Å². The molecule has 130 valence electrons. The van der Waals surface area contributed by atoms with Crippen molar-refractivity contribution in [2.75, 3.05) is 44.9 Å². The molecule has 1 rings (SSSR count). The molecule has 0 radical (unpaired) electrons. The molecule has 1 aromatic rings. The monoisotopic (exact) mass is 341 g/mol. The second-order valence-corrected chi connectivity index (χ2v) is 5.84. The minimum atomic E-state index is -0.269. The number of thiol groups is 1. The summed E-state index contributed by atoms with van der Waals surface area (Å²) in [6.07, 6.45) is 0.754. The third-order valence-electron chi connectivity index (χ3n) is 3.00. The number of Topliss-reactive ketones (excluding diaryl/α,β-unsaturated/α-hetero) is 1. The van der Waals surface area contributed by atoms with Gasteiger partial charge in [-0.15, -0.1) is 0 Å². The van der Waals surface area contributed by atoms with Gasteiger partial charge in [0.15, 0.2) is 5.78 Å². The number of hydrogen-bond acceptors (Lipinski definition) is 6. The first-order valence-corrected chi connectivity index (χ1v) is 8.48. The third kappa shape index (κ3) is 9.48. The number of ketones is 1. The van der Waals surface area contributed by atoms with Crippen molar-refractivity contribution >= 4 is 24.1 Å². The highest BCUT2D eigenvalue weighted by Crippen LogP contribution is 2.16. The Hall–Kier alpha value is -1.24. The molecule has 23 heavy (non-hydrogen) atoms. The highest BCUT2D eigenvalue weighted by molar-refractivity contribution is 7.81. The van der Waals surface area contributed by atoms with Crippen LogP contribution in [0.1, 0.15) is 20.3 Å². The summed E-state index contributed by atoms with van der Waals surface area (Å²) in [6.45, 7) is 6.93. The molecule has 1 aromatic carbocycles. The zero-order valence-electron chi connectivity index (χ0n) is 13.9. The molecular formula is C17H27NO4S. The molecule has 0 spiro atoms. The molecule has 0 saturated carbocycles. The van der Waals surface area contributed by atoms with Crippen molar-refractivity contribution in [2.24, 2.45) is 0 Å². The van der Waals surface area contributed by atoms with Gasteiger partial charge in [-0.05, 0) is 32.4 Å². The van der Waals surface area contributed by atoms with Gasteiger partial charge in [-0.25, -0.2) is 0 Å². The normalized spacial score (nSPS) is 12.0. The van der Waals surface area contributed by atoms with E-state index in [1.54, 1.807) is 6.92 Å². The molecule has 0 aliphatic rings. The lowest BCUT2D eigenvalue weighted by Gasteiger charge is -2.09. The quantitative estimate of drug-likeness (QED) is 0.427. The van der Waals surface area contributed by atoms with Crippen molar-refractivity contribution in [1.82, 2.24) is 0 Å². The van der Waals surface area contributed by atoms with Crippen LogP contribution < -0.4 is 10.1 Å². The number of anilines is 1. The van der Waals surface area contributed by atoms with Crippen LogP contribution in [0.15, 0.2) is 24.3 Å². The first kappa shape index (κ1) is 19.8. The fraction of sp³-hybridized carbons (Fsp3) is 0.588. The number of carbonyl (C=O) groups excluding carboxylic acids is 1. The number of ether oxygens (including phenoxy) is 3. The molecule has 0 amide bonds. The second kappa shape index (κ2) is 12.2. The maximum absolute atomic E-state index is 11.3. The van der Waals surface area contributed by atoms with E-state index in [9.17, 15) is 4.79 Å². The van der Waals surface area contributed by atoms with E-state index < -0.39 is 0 Å². The second-order valence-electron chi connectivity index (χ2n) is 5.07. The summed E-state index contributed by atoms with van der Waals surface area (Å²) in [5.74, 6) is 0.831. The smallest absolute Gasteiger partial charge is 0.170 e. The molecule has 0 saturated heterocycles. The maximum atomic E-state index is 11.3. The molecule has 0 bridgehead atoms. The van der Waals surface area contributed by atoms with Crippen LogP contribution in [0.25, 0.3) is 0 Å². The number of benzene rings is 1. The summed E-state index contributed by atoms with van der Waals surface area (Å²) in [6, 6.07) is 7.86. The van der Waals surface area contributed by atoms with E-state index in [1.807, 2.05) is 24.3 Å². The van der Waals surface area contributed by atoms with Gasteiger partial charge in [-0.3, -0.25) is 4.79 Å². The van der Waals surface area contributed by atoms with Crippen LogP contribution in [-0.2, 0) is 14.3 Å². The Kier molecular flexibility index (Phi) is 10.5. The average molecular weight is 341 g/mol. The van der Waals surface area contributed by atoms with E-state index in [2.05, 4.69) is 24.9 Å². The summed E-state index contributed by atoms with van der Waals surface area (Å²) in [4.78, 5) is 11.3. The lowest BCUT2D eigenvalue weighted by Crippen LogP contribution is -2.18. The van der Waals surface area contributed by atoms with Crippen molar-refractivity contribution < 1.29 is 19.0 Å². The van der Waals surface area contributed by atoms with Crippen LogP contribution in [-0.4, -0.2) is 50.6 Å². The van der Waals surface area contributed by atoms with Crippen LogP contribution >= 0.6 is 12.6 Å². The molecule has 5 nitrogen and oxygen atoms in total. The summed E-state index contributed by atoms with van der Waals surface area (Å²) in [7, 11) is 0. The van der Waals surface area contributed by atoms with Crippen molar-refractivity contribution in [3.63, 3.8) is 0 Å². The Morgan fingerprint density at radius 1 is 1.22 bits per heavy atom. The van der Waals surface area contributed by atoms with Crippen LogP contribution in [0.4, 0.5) is 5.69 Å². The van der Waals surface area contributed by atoms with E-state index in [1.165, 1.54) is 0 Å². The zero-order chi connectivity index (χ0) is 16.9. The minimum absolute atomic E-state index is 0.00226. The Morgan fingerprint density at radius 2 is 2.00 bits per heavy atom. The van der Waals surface area contributed by atoms with Gasteiger partial charge < -0.3 is 19.5 Å². The number of carbonyl (C=O) groups is 1. The predicted molar refractivity (Wildman–Crippen MR) is 95.8 cm³/mol. The fourth-order valence-corrected chi connectivity index (χ4v) is 1.85. The van der Waals surface area contributed by atoms with E-state index in [4.69, 9.17) is 14.2 Å². The van der Waals surface area contributed by atoms with Crippen LogP contribution in [0, 0.1) is 0 Å². The summed E-state index contributed by atoms with van der Waals surface area (Å²) in [5.41, 5.74) is 1.05. The zero-order valence-corrected chi connectivity index (χ0v) is 14.8. The Balaban J connectivity index is 1.99. The first-order chi connectivity index (χ1) is 11.1. The van der Waals surface area contributed by atoms with Gasteiger partial charge in [0.25, 0.3) is 0 Å². The molecule has 0 aliphatic heterocycles. The standard InChI is InChI=1S/C17H27NO4S/c1-3-18-15-6-4-7-16(12-15)22-11-10-20-8-5-9-21-13-17(19)14(2)23/h4,6-7,12,14,18,23H,3,5,8-11,13H2,1-2H3. The minimum Gasteiger partial charge on any atom is -0.491 e.